The molecule has 1 fully saturated rings. The summed E-state index contributed by atoms with van der Waals surface area (Å²) in [4.78, 5) is 14.5. The minimum atomic E-state index is -0.271. The standard InChI is InChI=1S/C31H37NO4/c1-3-34-31(33)32-22-29(36-23-26-14-8-5-9-15-26)21-28(32)19-20-35-30-24(2)11-10-16-27(30)18-17-25-12-6-4-7-13-25/h4-16,28-29H,3,17-23H2,1-2H3/t28-,29-/m1/s1. The van der Waals surface area contributed by atoms with Crippen LogP contribution in [0.25, 0.3) is 0 Å². The highest BCUT2D eigenvalue weighted by Crippen LogP contribution is 2.28. The molecule has 4 rings (SSSR count). The van der Waals surface area contributed by atoms with Crippen LogP contribution in [0.3, 0.4) is 0 Å². The van der Waals surface area contributed by atoms with Crippen LogP contribution in [0.2, 0.25) is 0 Å². The number of carbonyl (C=O) groups is 1. The molecule has 1 aliphatic heterocycles. The van der Waals surface area contributed by atoms with Gasteiger partial charge in [0.15, 0.2) is 0 Å². The molecule has 1 aliphatic rings. The van der Waals surface area contributed by atoms with Gasteiger partial charge in [0.25, 0.3) is 0 Å². The summed E-state index contributed by atoms with van der Waals surface area (Å²) in [6, 6.07) is 27.0. The fraction of sp³-hybridized carbons (Fsp3) is 0.387. The molecule has 36 heavy (non-hydrogen) atoms. The van der Waals surface area contributed by atoms with Crippen molar-refractivity contribution in [2.45, 2.75) is 58.3 Å². The van der Waals surface area contributed by atoms with E-state index in [4.69, 9.17) is 14.2 Å². The predicted molar refractivity (Wildman–Crippen MR) is 142 cm³/mol. The zero-order chi connectivity index (χ0) is 25.2. The summed E-state index contributed by atoms with van der Waals surface area (Å²) in [7, 11) is 0. The Morgan fingerprint density at radius 2 is 1.64 bits per heavy atom. The van der Waals surface area contributed by atoms with Crippen molar-refractivity contribution in [3.8, 4) is 5.75 Å². The van der Waals surface area contributed by atoms with Gasteiger partial charge in [-0.3, -0.25) is 0 Å². The van der Waals surface area contributed by atoms with Gasteiger partial charge in [-0.1, -0.05) is 78.9 Å². The Morgan fingerprint density at radius 1 is 0.917 bits per heavy atom. The molecule has 5 nitrogen and oxygen atoms in total. The van der Waals surface area contributed by atoms with Crippen molar-refractivity contribution >= 4 is 6.09 Å². The number of benzene rings is 3. The molecular formula is C31H37NO4. The molecule has 1 heterocycles. The molecule has 3 aromatic carbocycles. The maximum absolute atomic E-state index is 12.6. The lowest BCUT2D eigenvalue weighted by Crippen LogP contribution is -2.37. The zero-order valence-corrected chi connectivity index (χ0v) is 21.4. The topological polar surface area (TPSA) is 48.0 Å². The van der Waals surface area contributed by atoms with Crippen molar-refractivity contribution in [2.75, 3.05) is 19.8 Å². The predicted octanol–water partition coefficient (Wildman–Crippen LogP) is 6.37. The molecule has 0 aromatic heterocycles. The van der Waals surface area contributed by atoms with E-state index in [2.05, 4.69) is 61.5 Å². The van der Waals surface area contributed by atoms with Gasteiger partial charge in [0.05, 0.1) is 32.5 Å². The number of carbonyl (C=O) groups excluding carboxylic acids is 1. The number of rotatable bonds is 11. The highest BCUT2D eigenvalue weighted by molar-refractivity contribution is 5.68. The van der Waals surface area contributed by atoms with Crippen molar-refractivity contribution in [1.29, 1.82) is 0 Å². The molecule has 0 N–H and O–H groups in total. The summed E-state index contributed by atoms with van der Waals surface area (Å²) >= 11 is 0. The summed E-state index contributed by atoms with van der Waals surface area (Å²) in [6.45, 7) is 5.92. The zero-order valence-electron chi connectivity index (χ0n) is 21.4. The van der Waals surface area contributed by atoms with E-state index in [0.29, 0.717) is 26.4 Å². The number of hydrogen-bond donors (Lipinski definition) is 0. The van der Waals surface area contributed by atoms with Gasteiger partial charge in [0.1, 0.15) is 5.75 Å². The monoisotopic (exact) mass is 487 g/mol. The van der Waals surface area contributed by atoms with Crippen molar-refractivity contribution in [3.05, 3.63) is 101 Å². The molecule has 0 unspecified atom stereocenters. The number of aryl methyl sites for hydroxylation is 3. The molecular weight excluding hydrogens is 450 g/mol. The molecule has 3 aromatic rings. The lowest BCUT2D eigenvalue weighted by molar-refractivity contribution is 0.0442. The minimum absolute atomic E-state index is 0.0143. The number of hydrogen-bond acceptors (Lipinski definition) is 4. The average Bonchev–Trinajstić information content (AvgIpc) is 3.32. The molecule has 0 bridgehead atoms. The van der Waals surface area contributed by atoms with E-state index in [1.807, 2.05) is 36.1 Å². The SMILES string of the molecule is CCOC(=O)N1C[C@H](OCc2ccccc2)C[C@H]1CCOc1c(C)cccc1CCc1ccccc1. The van der Waals surface area contributed by atoms with Gasteiger partial charge < -0.3 is 19.1 Å². The van der Waals surface area contributed by atoms with Crippen LogP contribution in [0.15, 0.2) is 78.9 Å². The maximum Gasteiger partial charge on any atom is 0.410 e. The highest BCUT2D eigenvalue weighted by atomic mass is 16.6. The number of amides is 1. The second-order valence-corrected chi connectivity index (χ2v) is 9.35. The second kappa shape index (κ2) is 13.1. The first-order valence-corrected chi connectivity index (χ1v) is 13.0. The van der Waals surface area contributed by atoms with Gasteiger partial charge in [-0.2, -0.15) is 0 Å². The van der Waals surface area contributed by atoms with Gasteiger partial charge in [0, 0.05) is 12.5 Å². The lowest BCUT2D eigenvalue weighted by Gasteiger charge is -2.24. The fourth-order valence-electron chi connectivity index (χ4n) is 4.82. The van der Waals surface area contributed by atoms with E-state index in [1.54, 1.807) is 0 Å². The lowest BCUT2D eigenvalue weighted by atomic mass is 10.0. The Labute approximate surface area is 215 Å². The van der Waals surface area contributed by atoms with Crippen molar-refractivity contribution in [1.82, 2.24) is 4.90 Å². The van der Waals surface area contributed by atoms with Crippen LogP contribution in [-0.2, 0) is 28.9 Å². The van der Waals surface area contributed by atoms with Gasteiger partial charge in [-0.05, 0) is 55.4 Å². The number of likely N-dealkylation sites (tertiary alicyclic amines) is 1. The Bertz CT molecular complexity index is 1090. The van der Waals surface area contributed by atoms with Crippen LogP contribution in [0.4, 0.5) is 4.79 Å². The summed E-state index contributed by atoms with van der Waals surface area (Å²) in [5.74, 6) is 0.964. The smallest absolute Gasteiger partial charge is 0.410 e. The first-order valence-electron chi connectivity index (χ1n) is 13.0. The number of ether oxygens (including phenoxy) is 3. The van der Waals surface area contributed by atoms with Crippen LogP contribution in [0.1, 0.15) is 42.0 Å². The Morgan fingerprint density at radius 3 is 2.36 bits per heavy atom. The first-order chi connectivity index (χ1) is 17.6. The van der Waals surface area contributed by atoms with E-state index in [9.17, 15) is 4.79 Å². The van der Waals surface area contributed by atoms with E-state index in [-0.39, 0.29) is 18.2 Å². The van der Waals surface area contributed by atoms with Crippen LogP contribution < -0.4 is 4.74 Å². The first kappa shape index (κ1) is 25.8. The highest BCUT2D eigenvalue weighted by Gasteiger charge is 2.36. The third-order valence-corrected chi connectivity index (χ3v) is 6.72. The van der Waals surface area contributed by atoms with Gasteiger partial charge in [0.2, 0.25) is 0 Å². The Kier molecular flexibility index (Phi) is 9.40. The average molecular weight is 488 g/mol. The molecule has 0 radical (unpaired) electrons. The molecule has 0 aliphatic carbocycles. The van der Waals surface area contributed by atoms with E-state index < -0.39 is 0 Å². The number of nitrogens with zero attached hydrogens (tertiary/aromatic N) is 1. The van der Waals surface area contributed by atoms with Crippen molar-refractivity contribution in [3.63, 3.8) is 0 Å². The van der Waals surface area contributed by atoms with Crippen LogP contribution >= 0.6 is 0 Å². The molecule has 0 spiro atoms. The Balaban J connectivity index is 1.35. The third-order valence-electron chi connectivity index (χ3n) is 6.72. The molecule has 1 amide bonds. The molecule has 2 atom stereocenters. The summed E-state index contributed by atoms with van der Waals surface area (Å²) in [5, 5.41) is 0. The molecule has 5 heteroatoms. The van der Waals surface area contributed by atoms with Gasteiger partial charge in [-0.25, -0.2) is 4.79 Å². The second-order valence-electron chi connectivity index (χ2n) is 9.35. The summed E-state index contributed by atoms with van der Waals surface area (Å²) in [5.41, 5.74) is 4.81. The molecule has 190 valence electrons. The molecule has 1 saturated heterocycles. The van der Waals surface area contributed by atoms with E-state index in [1.165, 1.54) is 11.1 Å². The quantitative estimate of drug-likeness (QED) is 0.316. The number of para-hydroxylation sites is 1. The third kappa shape index (κ3) is 7.11. The van der Waals surface area contributed by atoms with Crippen LogP contribution in [-0.4, -0.2) is 42.9 Å². The minimum Gasteiger partial charge on any atom is -0.493 e. The maximum atomic E-state index is 12.6. The molecule has 0 saturated carbocycles. The van der Waals surface area contributed by atoms with Crippen molar-refractivity contribution < 1.29 is 19.0 Å². The fourth-order valence-corrected chi connectivity index (χ4v) is 4.82. The van der Waals surface area contributed by atoms with E-state index in [0.717, 1.165) is 42.6 Å². The normalized spacial score (nSPS) is 17.2. The van der Waals surface area contributed by atoms with Crippen molar-refractivity contribution in [2.24, 2.45) is 0 Å². The van der Waals surface area contributed by atoms with Gasteiger partial charge in [-0.15, -0.1) is 0 Å². The van der Waals surface area contributed by atoms with E-state index >= 15 is 0 Å². The van der Waals surface area contributed by atoms with Crippen LogP contribution in [0.5, 0.6) is 5.75 Å². The summed E-state index contributed by atoms with van der Waals surface area (Å²) < 4.78 is 17.9. The summed E-state index contributed by atoms with van der Waals surface area (Å²) in [6.07, 6.45) is 3.13. The van der Waals surface area contributed by atoms with Crippen LogP contribution in [0, 0.1) is 6.92 Å². The van der Waals surface area contributed by atoms with Gasteiger partial charge >= 0.3 is 6.09 Å². The largest absolute Gasteiger partial charge is 0.493 e. The Hall–Kier alpha value is -3.31.